The maximum Gasteiger partial charge on any atom is 0.326 e. The van der Waals surface area contributed by atoms with Gasteiger partial charge in [-0.3, -0.25) is 19.2 Å². The number of hydrogen-bond donors (Lipinski definition) is 9. The van der Waals surface area contributed by atoms with Crippen molar-refractivity contribution in [3.8, 4) is 0 Å². The number of carboxylic acids is 2. The van der Waals surface area contributed by atoms with E-state index in [0.29, 0.717) is 31.4 Å². The molecule has 2 aromatic rings. The molecule has 0 aliphatic rings. The smallest absolute Gasteiger partial charge is 0.326 e. The SMILES string of the molecule is NCCCC[C@H](N)C(=O)N[C@@H](CO)C(=O)N[C@@H](Cc1c[nH]c2ccccc12)C(=O)N[C@@H](CCC(=O)O)C(=O)O. The molecule has 0 radical (unpaired) electrons. The standard InChI is InChI=1S/C25H36N6O8/c26-10-4-3-6-16(27)22(35)31-20(13-32)24(37)30-19(11-14-12-28-17-7-2-1-5-15(14)17)23(36)29-18(25(38)39)8-9-21(33)34/h1-2,5,7,12,16,18-20,28,32H,3-4,6,8-11,13,26-27H2,(H,29,36)(H,30,37)(H,31,35)(H,33,34)(H,38,39)/t16-,18-,19-,20-/m0/s1. The van der Waals surface area contributed by atoms with Crippen molar-refractivity contribution in [3.05, 3.63) is 36.0 Å². The zero-order chi connectivity index (χ0) is 28.9. The summed E-state index contributed by atoms with van der Waals surface area (Å²) in [7, 11) is 0. The quantitative estimate of drug-likeness (QED) is 0.104. The molecular weight excluding hydrogens is 512 g/mol. The molecule has 1 aromatic carbocycles. The first kappa shape index (κ1) is 31.2. The lowest BCUT2D eigenvalue weighted by atomic mass is 10.0. The maximum atomic E-state index is 13.2. The molecule has 0 unspecified atom stereocenters. The Morgan fingerprint density at radius 3 is 2.15 bits per heavy atom. The van der Waals surface area contributed by atoms with Gasteiger partial charge in [-0.25, -0.2) is 4.79 Å². The molecule has 14 heteroatoms. The number of carbonyl (C=O) groups is 5. The first-order chi connectivity index (χ1) is 18.6. The Bertz CT molecular complexity index is 1150. The van der Waals surface area contributed by atoms with Gasteiger partial charge in [-0.1, -0.05) is 24.6 Å². The minimum Gasteiger partial charge on any atom is -0.481 e. The van der Waals surface area contributed by atoms with Crippen molar-refractivity contribution in [2.75, 3.05) is 13.2 Å². The average molecular weight is 549 g/mol. The number of aliphatic hydroxyl groups excluding tert-OH is 1. The van der Waals surface area contributed by atoms with Crippen LogP contribution in [-0.4, -0.2) is 87.3 Å². The Kier molecular flexibility index (Phi) is 12.3. The van der Waals surface area contributed by atoms with E-state index in [-0.39, 0.29) is 12.8 Å². The third-order valence-electron chi connectivity index (χ3n) is 6.11. The van der Waals surface area contributed by atoms with Gasteiger partial charge in [0, 0.05) is 29.9 Å². The van der Waals surface area contributed by atoms with Crippen molar-refractivity contribution < 1.29 is 39.3 Å². The van der Waals surface area contributed by atoms with Gasteiger partial charge in [-0.15, -0.1) is 0 Å². The number of fused-ring (bicyclic) bond motifs is 1. The number of unbranched alkanes of at least 4 members (excludes halogenated alkanes) is 1. The Labute approximate surface area is 224 Å². The minimum atomic E-state index is -1.52. The fourth-order valence-electron chi connectivity index (χ4n) is 3.91. The molecule has 14 nitrogen and oxygen atoms in total. The van der Waals surface area contributed by atoms with Crippen LogP contribution >= 0.6 is 0 Å². The van der Waals surface area contributed by atoms with Crippen LogP contribution in [0.4, 0.5) is 0 Å². The van der Waals surface area contributed by atoms with Gasteiger partial charge in [-0.2, -0.15) is 0 Å². The highest BCUT2D eigenvalue weighted by molar-refractivity contribution is 5.95. The Morgan fingerprint density at radius 1 is 0.872 bits per heavy atom. The number of H-pyrrole nitrogens is 1. The number of aliphatic hydroxyl groups is 1. The number of amides is 3. The Morgan fingerprint density at radius 2 is 1.51 bits per heavy atom. The first-order valence-corrected chi connectivity index (χ1v) is 12.5. The summed E-state index contributed by atoms with van der Waals surface area (Å²) in [6.45, 7) is -0.347. The predicted octanol–water partition coefficient (Wildman–Crippen LogP) is -1.44. The summed E-state index contributed by atoms with van der Waals surface area (Å²) in [6.07, 6.45) is 2.28. The Balaban J connectivity index is 2.21. The van der Waals surface area contributed by atoms with Gasteiger partial charge in [0.2, 0.25) is 17.7 Å². The lowest BCUT2D eigenvalue weighted by Crippen LogP contribution is -2.58. The van der Waals surface area contributed by atoms with E-state index in [2.05, 4.69) is 20.9 Å². The number of aromatic nitrogens is 1. The van der Waals surface area contributed by atoms with E-state index >= 15 is 0 Å². The van der Waals surface area contributed by atoms with Crippen molar-refractivity contribution in [1.29, 1.82) is 0 Å². The second-order valence-electron chi connectivity index (χ2n) is 9.09. The van der Waals surface area contributed by atoms with E-state index in [9.17, 15) is 34.2 Å². The molecule has 0 fully saturated rings. The molecule has 214 valence electrons. The number of rotatable bonds is 17. The summed E-state index contributed by atoms with van der Waals surface area (Å²) >= 11 is 0. The van der Waals surface area contributed by atoms with Crippen molar-refractivity contribution >= 4 is 40.6 Å². The van der Waals surface area contributed by atoms with Gasteiger partial charge in [0.25, 0.3) is 0 Å². The van der Waals surface area contributed by atoms with Crippen LogP contribution in [0.2, 0.25) is 0 Å². The van der Waals surface area contributed by atoms with Crippen LogP contribution in [0.3, 0.4) is 0 Å². The van der Waals surface area contributed by atoms with Crippen LogP contribution < -0.4 is 27.4 Å². The number of nitrogens with two attached hydrogens (primary N) is 2. The van der Waals surface area contributed by atoms with E-state index in [0.717, 1.165) is 10.9 Å². The zero-order valence-corrected chi connectivity index (χ0v) is 21.4. The molecule has 0 saturated heterocycles. The second kappa shape index (κ2) is 15.4. The summed E-state index contributed by atoms with van der Waals surface area (Å²) in [5, 5.41) is 36.0. The third kappa shape index (κ3) is 9.67. The molecule has 0 bridgehead atoms. The zero-order valence-electron chi connectivity index (χ0n) is 21.4. The number of benzene rings is 1. The highest BCUT2D eigenvalue weighted by Crippen LogP contribution is 2.19. The molecule has 2 rings (SSSR count). The number of nitrogens with one attached hydrogen (secondary N) is 4. The molecule has 39 heavy (non-hydrogen) atoms. The van der Waals surface area contributed by atoms with Gasteiger partial charge in [-0.05, 0) is 37.4 Å². The molecule has 0 aliphatic carbocycles. The predicted molar refractivity (Wildman–Crippen MR) is 140 cm³/mol. The highest BCUT2D eigenvalue weighted by Gasteiger charge is 2.31. The van der Waals surface area contributed by atoms with Crippen LogP contribution in [0.25, 0.3) is 10.9 Å². The molecule has 0 aliphatic heterocycles. The summed E-state index contributed by atoms with van der Waals surface area (Å²) in [4.78, 5) is 64.2. The Hall–Kier alpha value is -4.01. The normalized spacial score (nSPS) is 14.1. The van der Waals surface area contributed by atoms with Crippen LogP contribution in [0.1, 0.15) is 37.7 Å². The fraction of sp³-hybridized carbons (Fsp3) is 0.480. The first-order valence-electron chi connectivity index (χ1n) is 12.5. The van der Waals surface area contributed by atoms with Gasteiger partial charge < -0.3 is 47.7 Å². The van der Waals surface area contributed by atoms with Gasteiger partial charge in [0.05, 0.1) is 12.6 Å². The van der Waals surface area contributed by atoms with E-state index in [4.69, 9.17) is 16.6 Å². The monoisotopic (exact) mass is 548 g/mol. The molecule has 0 spiro atoms. The van der Waals surface area contributed by atoms with Gasteiger partial charge >= 0.3 is 11.9 Å². The van der Waals surface area contributed by atoms with Crippen LogP contribution in [0.5, 0.6) is 0 Å². The lowest BCUT2D eigenvalue weighted by Gasteiger charge is -2.24. The van der Waals surface area contributed by atoms with Crippen LogP contribution in [0, 0.1) is 0 Å². The lowest BCUT2D eigenvalue weighted by molar-refractivity contribution is -0.143. The molecule has 0 saturated carbocycles. The molecule has 3 amide bonds. The van der Waals surface area contributed by atoms with Crippen molar-refractivity contribution in [2.24, 2.45) is 11.5 Å². The molecule has 11 N–H and O–H groups in total. The summed E-state index contributed by atoms with van der Waals surface area (Å²) in [5.41, 5.74) is 12.7. The number of aromatic amines is 1. The van der Waals surface area contributed by atoms with Crippen molar-refractivity contribution in [3.63, 3.8) is 0 Å². The summed E-state index contributed by atoms with van der Waals surface area (Å²) in [6, 6.07) is 1.99. The largest absolute Gasteiger partial charge is 0.481 e. The minimum absolute atomic E-state index is 0.0719. The maximum absolute atomic E-state index is 13.2. The van der Waals surface area contributed by atoms with E-state index in [1.807, 2.05) is 12.1 Å². The third-order valence-corrected chi connectivity index (χ3v) is 6.11. The number of aliphatic carboxylic acids is 2. The van der Waals surface area contributed by atoms with Gasteiger partial charge in [0.15, 0.2) is 0 Å². The molecule has 1 aromatic heterocycles. The molecule has 4 atom stereocenters. The second-order valence-corrected chi connectivity index (χ2v) is 9.09. The van der Waals surface area contributed by atoms with E-state index in [1.165, 1.54) is 0 Å². The number of hydrogen-bond acceptors (Lipinski definition) is 8. The molecular formula is C25H36N6O8. The van der Waals surface area contributed by atoms with Crippen LogP contribution in [0.15, 0.2) is 30.5 Å². The van der Waals surface area contributed by atoms with E-state index in [1.54, 1.807) is 18.3 Å². The number of carbonyl (C=O) groups excluding carboxylic acids is 3. The average Bonchev–Trinajstić information content (AvgIpc) is 3.31. The highest BCUT2D eigenvalue weighted by atomic mass is 16.4. The summed E-state index contributed by atoms with van der Waals surface area (Å²) in [5.74, 6) is -5.11. The van der Waals surface area contributed by atoms with Crippen LogP contribution in [-0.2, 0) is 30.4 Å². The topological polar surface area (TPSA) is 250 Å². The van der Waals surface area contributed by atoms with Crippen molar-refractivity contribution in [1.82, 2.24) is 20.9 Å². The number of carboxylic acid groups (broad SMARTS) is 2. The molecule has 1 heterocycles. The fourth-order valence-corrected chi connectivity index (χ4v) is 3.91. The van der Waals surface area contributed by atoms with E-state index < -0.39 is 66.9 Å². The van der Waals surface area contributed by atoms with Gasteiger partial charge in [0.1, 0.15) is 18.1 Å². The number of para-hydroxylation sites is 1. The van der Waals surface area contributed by atoms with Crippen molar-refractivity contribution in [2.45, 2.75) is 62.7 Å². The summed E-state index contributed by atoms with van der Waals surface area (Å²) < 4.78 is 0.